The first kappa shape index (κ1) is 31.3. The van der Waals surface area contributed by atoms with E-state index in [9.17, 15) is 14.4 Å². The number of nitrogens with zero attached hydrogens (tertiary/aromatic N) is 4. The highest BCUT2D eigenvalue weighted by Crippen LogP contribution is 2.29. The fraction of sp³-hybridized carbons (Fsp3) is 0.333. The third-order valence-corrected chi connectivity index (χ3v) is 8.05. The van der Waals surface area contributed by atoms with Gasteiger partial charge in [-0.15, -0.1) is 0 Å². The zero-order valence-electron chi connectivity index (χ0n) is 25.7. The third kappa shape index (κ3) is 7.01. The number of benzene rings is 2. The second-order valence-electron chi connectivity index (χ2n) is 11.1. The quantitative estimate of drug-likeness (QED) is 0.115. The van der Waals surface area contributed by atoms with Crippen molar-refractivity contribution in [1.29, 1.82) is 5.41 Å². The average Bonchev–Trinajstić information content (AvgIpc) is 3.71. The predicted octanol–water partition coefficient (Wildman–Crippen LogP) is 3.33. The van der Waals surface area contributed by atoms with Crippen molar-refractivity contribution >= 4 is 40.3 Å². The first-order valence-corrected chi connectivity index (χ1v) is 15.0. The fourth-order valence-corrected chi connectivity index (χ4v) is 5.41. The Balaban J connectivity index is 1.29. The molecular formula is C33H38N8O4. The number of esters is 1. The van der Waals surface area contributed by atoms with E-state index in [1.54, 1.807) is 37.4 Å². The maximum Gasteiger partial charge on any atom is 0.319 e. The second-order valence-corrected chi connectivity index (χ2v) is 11.1. The van der Waals surface area contributed by atoms with Gasteiger partial charge in [-0.2, -0.15) is 0 Å². The number of amidine groups is 1. The minimum atomic E-state index is -1.13. The minimum Gasteiger partial charge on any atom is -0.465 e. The molecule has 45 heavy (non-hydrogen) atoms. The number of aryl methyl sites for hydroxylation is 1. The summed E-state index contributed by atoms with van der Waals surface area (Å²) in [6, 6.07) is 16.3. The van der Waals surface area contributed by atoms with Crippen molar-refractivity contribution in [1.82, 2.24) is 30.1 Å². The summed E-state index contributed by atoms with van der Waals surface area (Å²) in [7, 11) is 1.94. The summed E-state index contributed by atoms with van der Waals surface area (Å²) in [5.74, 6) is -0.0988. The van der Waals surface area contributed by atoms with Crippen molar-refractivity contribution in [3.05, 3.63) is 89.5 Å². The van der Waals surface area contributed by atoms with Crippen molar-refractivity contribution < 1.29 is 19.1 Å². The Morgan fingerprint density at radius 2 is 1.80 bits per heavy atom. The second kappa shape index (κ2) is 13.7. The molecule has 2 amide bonds. The van der Waals surface area contributed by atoms with E-state index in [4.69, 9.17) is 15.1 Å². The van der Waals surface area contributed by atoms with Gasteiger partial charge in [0, 0.05) is 43.8 Å². The molecule has 1 aliphatic rings. The molecule has 3 heterocycles. The normalized spacial score (nSPS) is 14.2. The summed E-state index contributed by atoms with van der Waals surface area (Å²) in [6.45, 7) is 5.56. The Hall–Kier alpha value is -5.10. The van der Waals surface area contributed by atoms with Gasteiger partial charge in [-0.25, -0.2) is 4.98 Å². The molecule has 0 saturated carbocycles. The summed E-state index contributed by atoms with van der Waals surface area (Å²) in [4.78, 5) is 48.9. The van der Waals surface area contributed by atoms with Crippen LogP contribution in [0.1, 0.15) is 54.0 Å². The number of rotatable bonds is 11. The molecular weight excluding hydrogens is 572 g/mol. The lowest BCUT2D eigenvalue weighted by molar-refractivity contribution is -0.143. The third-order valence-electron chi connectivity index (χ3n) is 8.05. The lowest BCUT2D eigenvalue weighted by atomic mass is 9.89. The number of hydrogen-bond acceptors (Lipinski definition) is 9. The predicted molar refractivity (Wildman–Crippen MR) is 171 cm³/mol. The molecule has 1 unspecified atom stereocenters. The Morgan fingerprint density at radius 1 is 1.04 bits per heavy atom. The maximum absolute atomic E-state index is 13.7. The topological polar surface area (TPSA) is 154 Å². The Bertz CT molecular complexity index is 1700. The highest BCUT2D eigenvalue weighted by Gasteiger charge is 2.40. The molecule has 0 bridgehead atoms. The van der Waals surface area contributed by atoms with Crippen LogP contribution in [0.3, 0.4) is 0 Å². The molecule has 4 aromatic rings. The van der Waals surface area contributed by atoms with Crippen LogP contribution in [0.5, 0.6) is 0 Å². The van der Waals surface area contributed by atoms with Crippen LogP contribution in [0.15, 0.2) is 67.0 Å². The number of carbonyl (C=O) groups is 3. The zero-order chi connectivity index (χ0) is 32.0. The van der Waals surface area contributed by atoms with Crippen molar-refractivity contribution in [2.45, 2.75) is 38.8 Å². The van der Waals surface area contributed by atoms with E-state index >= 15 is 0 Å². The molecule has 2 aromatic carbocycles. The van der Waals surface area contributed by atoms with Gasteiger partial charge in [-0.05, 0) is 80.8 Å². The van der Waals surface area contributed by atoms with Crippen LogP contribution in [0.25, 0.3) is 11.0 Å². The minimum absolute atomic E-state index is 0.00600. The van der Waals surface area contributed by atoms with E-state index < -0.39 is 17.4 Å². The number of fused-ring (bicyclic) bond motifs is 1. The Kier molecular flexibility index (Phi) is 9.53. The average molecular weight is 611 g/mol. The summed E-state index contributed by atoms with van der Waals surface area (Å²) >= 11 is 0. The van der Waals surface area contributed by atoms with Crippen LogP contribution in [0, 0.1) is 5.41 Å². The van der Waals surface area contributed by atoms with Crippen LogP contribution in [0.4, 0.5) is 5.69 Å². The molecule has 0 spiro atoms. The largest absolute Gasteiger partial charge is 0.465 e. The van der Waals surface area contributed by atoms with Gasteiger partial charge in [0.2, 0.25) is 5.91 Å². The van der Waals surface area contributed by atoms with Crippen molar-refractivity contribution in [3.8, 4) is 0 Å². The number of ether oxygens (including phenoxy) is 1. The standard InChI is InChI=1S/C33H38N8O4/c1-4-45-29(42)21-37-33(2,32(44)41-16-5-6-17-41)24-11-14-27-26(18-24)38-28(40(27)3)20-36-25-12-9-22(10-13-25)30(34)39-31(43)23-8-7-15-35-19-23/h7-15,18-19,36-37H,4-6,16-17,20-21H2,1-3H3,(H2,34,39,43). The fourth-order valence-electron chi connectivity index (χ4n) is 5.41. The van der Waals surface area contributed by atoms with Crippen LogP contribution >= 0.6 is 0 Å². The molecule has 1 aliphatic heterocycles. The van der Waals surface area contributed by atoms with Crippen molar-refractivity contribution in [2.75, 3.05) is 31.6 Å². The Morgan fingerprint density at radius 3 is 2.49 bits per heavy atom. The maximum atomic E-state index is 13.7. The van der Waals surface area contributed by atoms with Gasteiger partial charge >= 0.3 is 5.97 Å². The number of hydrogen-bond donors (Lipinski definition) is 4. The number of carbonyl (C=O) groups excluding carboxylic acids is 3. The number of nitrogens with one attached hydrogen (secondary N) is 4. The van der Waals surface area contributed by atoms with Crippen LogP contribution in [0.2, 0.25) is 0 Å². The van der Waals surface area contributed by atoms with Gasteiger partial charge in [-0.3, -0.25) is 30.1 Å². The first-order chi connectivity index (χ1) is 21.7. The number of likely N-dealkylation sites (tertiary alicyclic amines) is 1. The van der Waals surface area contributed by atoms with Crippen LogP contribution in [-0.4, -0.2) is 69.3 Å². The SMILES string of the molecule is CCOC(=O)CNC(C)(C(=O)N1CCCC1)c1ccc2c(c1)nc(CNc1ccc(C(=N)NC(=O)c3cccnc3)cc1)n2C. The molecule has 4 N–H and O–H groups in total. The molecule has 1 saturated heterocycles. The highest BCUT2D eigenvalue weighted by atomic mass is 16.5. The molecule has 0 aliphatic carbocycles. The molecule has 5 rings (SSSR count). The van der Waals surface area contributed by atoms with Gasteiger partial charge in [0.25, 0.3) is 5.91 Å². The monoisotopic (exact) mass is 610 g/mol. The van der Waals surface area contributed by atoms with Gasteiger partial charge in [0.15, 0.2) is 0 Å². The molecule has 12 nitrogen and oxygen atoms in total. The smallest absolute Gasteiger partial charge is 0.319 e. The lowest BCUT2D eigenvalue weighted by Crippen LogP contribution is -2.54. The summed E-state index contributed by atoms with van der Waals surface area (Å²) in [5, 5.41) is 17.4. The number of pyridine rings is 1. The van der Waals surface area contributed by atoms with Crippen LogP contribution < -0.4 is 16.0 Å². The van der Waals surface area contributed by atoms with E-state index in [0.717, 1.165) is 41.0 Å². The van der Waals surface area contributed by atoms with Gasteiger partial charge in [-0.1, -0.05) is 6.07 Å². The van der Waals surface area contributed by atoms with Crippen LogP contribution in [-0.2, 0) is 33.5 Å². The van der Waals surface area contributed by atoms with Crippen molar-refractivity contribution in [3.63, 3.8) is 0 Å². The lowest BCUT2D eigenvalue weighted by Gasteiger charge is -2.33. The Labute approximate surface area is 261 Å². The zero-order valence-corrected chi connectivity index (χ0v) is 25.7. The summed E-state index contributed by atoms with van der Waals surface area (Å²) < 4.78 is 7.10. The molecule has 234 valence electrons. The van der Waals surface area contributed by atoms with E-state index in [2.05, 4.69) is 20.9 Å². The molecule has 1 fully saturated rings. The highest BCUT2D eigenvalue weighted by molar-refractivity contribution is 6.11. The number of imidazole rings is 1. The van der Waals surface area contributed by atoms with Gasteiger partial charge in [0.05, 0.1) is 36.3 Å². The number of aromatic nitrogens is 3. The molecule has 12 heteroatoms. The van der Waals surface area contributed by atoms with E-state index in [-0.39, 0.29) is 24.9 Å². The van der Waals surface area contributed by atoms with E-state index in [1.165, 1.54) is 6.20 Å². The van der Waals surface area contributed by atoms with Crippen molar-refractivity contribution in [2.24, 2.45) is 7.05 Å². The number of anilines is 1. The summed E-state index contributed by atoms with van der Waals surface area (Å²) in [5.41, 5.74) is 3.01. The molecule has 1 atom stereocenters. The molecule has 2 aromatic heterocycles. The first-order valence-electron chi connectivity index (χ1n) is 15.0. The van der Waals surface area contributed by atoms with Gasteiger partial charge < -0.3 is 24.8 Å². The van der Waals surface area contributed by atoms with E-state index in [0.29, 0.717) is 30.8 Å². The van der Waals surface area contributed by atoms with Gasteiger partial charge in [0.1, 0.15) is 17.2 Å². The van der Waals surface area contributed by atoms with E-state index in [1.807, 2.05) is 53.8 Å². The summed E-state index contributed by atoms with van der Waals surface area (Å²) in [6.07, 6.45) is 4.96. The molecule has 0 radical (unpaired) electrons. The number of amides is 2.